The van der Waals surface area contributed by atoms with Gasteiger partial charge in [0.25, 0.3) is 0 Å². The molecule has 0 fully saturated rings. The number of nitrogens with zero attached hydrogens (tertiary/aromatic N) is 2. The van der Waals surface area contributed by atoms with Crippen LogP contribution in [0.4, 0.5) is 0 Å². The summed E-state index contributed by atoms with van der Waals surface area (Å²) >= 11 is 0. The van der Waals surface area contributed by atoms with Crippen LogP contribution in [-0.2, 0) is 0 Å². The summed E-state index contributed by atoms with van der Waals surface area (Å²) in [7, 11) is 0. The van der Waals surface area contributed by atoms with Crippen LogP contribution >= 0.6 is 6.89 Å². The Morgan fingerprint density at radius 2 is 0.825 bits per heavy atom. The molecule has 0 aliphatic rings. The highest BCUT2D eigenvalue weighted by Gasteiger charge is 2.29. The number of rotatable bonds is 8. The lowest BCUT2D eigenvalue weighted by Crippen LogP contribution is -2.31. The topological polar surface area (TPSA) is 41.8 Å². The summed E-state index contributed by atoms with van der Waals surface area (Å²) in [6.45, 7) is 1.88. The zero-order valence-electron chi connectivity index (χ0n) is 22.7. The second-order valence-corrected chi connectivity index (χ2v) is 13.0. The molecule has 5 aromatic rings. The molecule has 0 N–H and O–H groups in total. The molecule has 5 aromatic carbocycles. The molecular formula is C36H31N2OP. The zero-order valence-corrected chi connectivity index (χ0v) is 23.6. The quantitative estimate of drug-likeness (QED) is 0.0915. The second-order valence-electron chi connectivity index (χ2n) is 9.46. The molecule has 4 heteroatoms. The fourth-order valence-electron chi connectivity index (χ4n) is 4.98. The van der Waals surface area contributed by atoms with Crippen LogP contribution in [-0.4, -0.2) is 22.5 Å². The smallest absolute Gasteiger partial charge is 0.213 e. The summed E-state index contributed by atoms with van der Waals surface area (Å²) in [6.07, 6.45) is 0. The number of Topliss-reactive ketones (excluding diaryl/α,β-unsaturated/α-hetero) is 1. The van der Waals surface area contributed by atoms with Crippen molar-refractivity contribution >= 4 is 45.3 Å². The molecular weight excluding hydrogens is 507 g/mol. The van der Waals surface area contributed by atoms with Crippen molar-refractivity contribution in [1.29, 1.82) is 0 Å². The molecule has 0 aliphatic carbocycles. The summed E-state index contributed by atoms with van der Waals surface area (Å²) in [5, 5.41) is 14.3. The Balaban J connectivity index is 1.78. The van der Waals surface area contributed by atoms with Gasteiger partial charge >= 0.3 is 0 Å². The molecule has 5 rings (SSSR count). The molecule has 0 saturated carbocycles. The third-order valence-corrected chi connectivity index (χ3v) is 11.6. The van der Waals surface area contributed by atoms with Gasteiger partial charge in [-0.25, -0.2) is 0 Å². The van der Waals surface area contributed by atoms with Gasteiger partial charge < -0.3 is 0 Å². The molecule has 196 valence electrons. The molecule has 3 nitrogen and oxygen atoms in total. The first kappa shape index (κ1) is 27.0. The first-order valence-corrected chi connectivity index (χ1v) is 15.1. The van der Waals surface area contributed by atoms with Gasteiger partial charge in [-0.1, -0.05) is 152 Å². The highest BCUT2D eigenvalue weighted by atomic mass is 31.2. The highest BCUT2D eigenvalue weighted by molar-refractivity contribution is 7.96. The average molecular weight is 539 g/mol. The van der Waals surface area contributed by atoms with E-state index in [-0.39, 0.29) is 5.78 Å². The van der Waals surface area contributed by atoms with Crippen LogP contribution in [0.2, 0.25) is 0 Å². The third-order valence-electron chi connectivity index (χ3n) is 7.06. The van der Waals surface area contributed by atoms with E-state index in [0.717, 1.165) is 16.6 Å². The van der Waals surface area contributed by atoms with E-state index < -0.39 is 6.89 Å². The van der Waals surface area contributed by atoms with E-state index in [1.54, 1.807) is 0 Å². The lowest BCUT2D eigenvalue weighted by atomic mass is 10.0. The SMILES string of the molecule is CC(/C(C)=N/N=C(/C(=O)c1ccccc1)c1ccccc1)=P(c1ccccc1)(c1ccccc1)c1ccccc1. The number of ketones is 1. The summed E-state index contributed by atoms with van der Waals surface area (Å²) in [5.74, 6) is -0.156. The van der Waals surface area contributed by atoms with Gasteiger partial charge in [-0.05, 0) is 41.9 Å². The minimum Gasteiger partial charge on any atom is -0.287 e. The molecule has 0 amide bonds. The van der Waals surface area contributed by atoms with Gasteiger partial charge in [0.2, 0.25) is 5.78 Å². The molecule has 40 heavy (non-hydrogen) atoms. The van der Waals surface area contributed by atoms with E-state index in [1.807, 2.05) is 67.6 Å². The summed E-state index contributed by atoms with van der Waals surface area (Å²) in [4.78, 5) is 13.6. The Hall–Kier alpha value is -4.59. The highest BCUT2D eigenvalue weighted by Crippen LogP contribution is 2.46. The van der Waals surface area contributed by atoms with E-state index in [0.29, 0.717) is 11.3 Å². The van der Waals surface area contributed by atoms with E-state index in [1.165, 1.54) is 15.9 Å². The third kappa shape index (κ3) is 5.43. The van der Waals surface area contributed by atoms with Gasteiger partial charge in [0, 0.05) is 11.1 Å². The van der Waals surface area contributed by atoms with Crippen LogP contribution in [0.15, 0.2) is 162 Å². The number of carbonyl (C=O) groups is 1. The first-order chi connectivity index (χ1) is 19.6. The van der Waals surface area contributed by atoms with Crippen molar-refractivity contribution in [3.8, 4) is 0 Å². The van der Waals surface area contributed by atoms with Crippen molar-refractivity contribution in [3.63, 3.8) is 0 Å². The van der Waals surface area contributed by atoms with E-state index >= 15 is 0 Å². The molecule has 0 bridgehead atoms. The van der Waals surface area contributed by atoms with Gasteiger partial charge in [0.05, 0.1) is 5.71 Å². The number of benzene rings is 5. The second kappa shape index (κ2) is 12.5. The van der Waals surface area contributed by atoms with Crippen LogP contribution in [0.5, 0.6) is 0 Å². The number of carbonyl (C=O) groups excluding carboxylic acids is 1. The minimum absolute atomic E-state index is 0.156. The lowest BCUT2D eigenvalue weighted by Gasteiger charge is -2.31. The van der Waals surface area contributed by atoms with Gasteiger partial charge in [0.15, 0.2) is 0 Å². The number of hydrogen-bond acceptors (Lipinski definition) is 3. The van der Waals surface area contributed by atoms with Crippen molar-refractivity contribution in [2.24, 2.45) is 10.2 Å². The standard InChI is InChI=1S/C36H31N2OP/c1-28(37-38-35(30-18-8-3-9-19-30)36(39)31-20-10-4-11-21-31)29(2)40(32-22-12-5-13-23-32,33-24-14-6-15-25-33)34-26-16-7-17-27-34/h3-27H,1-2H3/b37-28+,38-35+. The fraction of sp³-hybridized carbons (Fsp3) is 0.0556. The molecule has 0 unspecified atom stereocenters. The van der Waals surface area contributed by atoms with Crippen LogP contribution < -0.4 is 15.9 Å². The van der Waals surface area contributed by atoms with Crippen LogP contribution in [0.1, 0.15) is 29.8 Å². The van der Waals surface area contributed by atoms with Crippen molar-refractivity contribution in [1.82, 2.24) is 0 Å². The Morgan fingerprint density at radius 1 is 0.475 bits per heavy atom. The maximum absolute atomic E-state index is 13.6. The van der Waals surface area contributed by atoms with Gasteiger partial charge in [-0.15, -0.1) is 5.10 Å². The number of hydrogen-bond donors (Lipinski definition) is 0. The summed E-state index contributed by atoms with van der Waals surface area (Å²) in [5.41, 5.74) is 2.43. The normalized spacial score (nSPS) is 12.2. The Bertz CT molecular complexity index is 1590. The van der Waals surface area contributed by atoms with E-state index in [9.17, 15) is 4.79 Å². The fourth-order valence-corrected chi connectivity index (χ4v) is 9.42. The van der Waals surface area contributed by atoms with Crippen LogP contribution in [0.3, 0.4) is 0 Å². The predicted molar refractivity (Wildman–Crippen MR) is 173 cm³/mol. The monoisotopic (exact) mass is 538 g/mol. The molecule has 0 heterocycles. The van der Waals surface area contributed by atoms with E-state index in [4.69, 9.17) is 5.10 Å². The van der Waals surface area contributed by atoms with Crippen LogP contribution in [0, 0.1) is 0 Å². The lowest BCUT2D eigenvalue weighted by molar-refractivity contribution is 0.106. The molecule has 0 atom stereocenters. The molecule has 0 radical (unpaired) electrons. The first-order valence-electron chi connectivity index (χ1n) is 13.3. The predicted octanol–water partition coefficient (Wildman–Crippen LogP) is 6.92. The van der Waals surface area contributed by atoms with Crippen molar-refractivity contribution in [3.05, 3.63) is 163 Å². The minimum atomic E-state index is -2.28. The van der Waals surface area contributed by atoms with Crippen molar-refractivity contribution in [2.75, 3.05) is 0 Å². The largest absolute Gasteiger partial charge is 0.287 e. The maximum Gasteiger partial charge on any atom is 0.213 e. The van der Waals surface area contributed by atoms with Crippen LogP contribution in [0.25, 0.3) is 0 Å². The van der Waals surface area contributed by atoms with E-state index in [2.05, 4.69) is 103 Å². The van der Waals surface area contributed by atoms with Gasteiger partial charge in [-0.2, -0.15) is 5.10 Å². The molecule has 0 saturated heterocycles. The Morgan fingerprint density at radius 3 is 1.23 bits per heavy atom. The zero-order chi connectivity index (χ0) is 27.8. The molecule has 0 aromatic heterocycles. The summed E-state index contributed by atoms with van der Waals surface area (Å²) in [6, 6.07) is 50.8. The Labute approximate surface area is 236 Å². The molecule has 0 spiro atoms. The van der Waals surface area contributed by atoms with Crippen molar-refractivity contribution in [2.45, 2.75) is 13.8 Å². The Kier molecular flexibility index (Phi) is 8.44. The molecule has 0 aliphatic heterocycles. The maximum atomic E-state index is 13.6. The average Bonchev–Trinajstić information content (AvgIpc) is 3.04. The van der Waals surface area contributed by atoms with Crippen molar-refractivity contribution < 1.29 is 4.79 Å². The summed E-state index contributed by atoms with van der Waals surface area (Å²) < 4.78 is 0. The van der Waals surface area contributed by atoms with Gasteiger partial charge in [0.1, 0.15) is 5.71 Å². The van der Waals surface area contributed by atoms with Gasteiger partial charge in [-0.3, -0.25) is 4.79 Å².